The molecule has 0 atom stereocenters. The molecule has 0 aliphatic carbocycles. The molecule has 1 aromatic carbocycles. The maximum atomic E-state index is 11.7. The number of benzene rings is 1. The number of carboxylic acids is 1. The zero-order chi connectivity index (χ0) is 16.4. The molecule has 0 spiro atoms. The standard InChI is InChI=1S/C14H13N3O5/c1-7-3-4-8(13(20)21)5-10(7)15-6-9-11(18)16-14(22)17(2)12(9)19/h3-6,19H,1-2H3,(H,20,21)(H,16,18,22). The summed E-state index contributed by atoms with van der Waals surface area (Å²) in [5.74, 6) is -1.62. The third-order valence-electron chi connectivity index (χ3n) is 3.12. The fraction of sp³-hybridized carbons (Fsp3) is 0.143. The normalized spacial score (nSPS) is 11.0. The molecule has 0 aliphatic rings. The number of aromatic carboxylic acids is 1. The lowest BCUT2D eigenvalue weighted by molar-refractivity contribution is 0.0697. The number of carboxylic acid groups (broad SMARTS) is 1. The second-order valence-corrected chi connectivity index (χ2v) is 4.62. The van der Waals surface area contributed by atoms with Gasteiger partial charge in [-0.25, -0.2) is 9.59 Å². The zero-order valence-corrected chi connectivity index (χ0v) is 11.8. The van der Waals surface area contributed by atoms with Crippen molar-refractivity contribution in [2.45, 2.75) is 6.92 Å². The number of aromatic hydroxyl groups is 1. The van der Waals surface area contributed by atoms with E-state index in [0.29, 0.717) is 11.3 Å². The topological polar surface area (TPSA) is 125 Å². The second-order valence-electron chi connectivity index (χ2n) is 4.62. The summed E-state index contributed by atoms with van der Waals surface area (Å²) in [5, 5.41) is 18.8. The van der Waals surface area contributed by atoms with Gasteiger partial charge in [0.05, 0.1) is 11.3 Å². The van der Waals surface area contributed by atoms with E-state index >= 15 is 0 Å². The van der Waals surface area contributed by atoms with E-state index in [1.807, 2.05) is 4.98 Å². The highest BCUT2D eigenvalue weighted by molar-refractivity contribution is 5.90. The highest BCUT2D eigenvalue weighted by atomic mass is 16.4. The molecule has 0 aliphatic heterocycles. The van der Waals surface area contributed by atoms with Gasteiger partial charge >= 0.3 is 11.7 Å². The van der Waals surface area contributed by atoms with Crippen molar-refractivity contribution in [2.75, 3.05) is 0 Å². The van der Waals surface area contributed by atoms with E-state index in [4.69, 9.17) is 5.11 Å². The van der Waals surface area contributed by atoms with Crippen molar-refractivity contribution in [1.82, 2.24) is 9.55 Å². The first kappa shape index (κ1) is 15.2. The number of nitrogens with one attached hydrogen (secondary N) is 1. The van der Waals surface area contributed by atoms with Crippen LogP contribution in [0.4, 0.5) is 5.69 Å². The number of aromatic amines is 1. The van der Waals surface area contributed by atoms with Gasteiger partial charge in [0.2, 0.25) is 5.88 Å². The lowest BCUT2D eigenvalue weighted by atomic mass is 10.1. The first-order valence-corrected chi connectivity index (χ1v) is 6.21. The Balaban J connectivity index is 2.52. The number of aliphatic imine (C=N–C) groups is 1. The minimum absolute atomic E-state index is 0.0522. The van der Waals surface area contributed by atoms with Crippen molar-refractivity contribution < 1.29 is 15.0 Å². The van der Waals surface area contributed by atoms with E-state index in [9.17, 15) is 19.5 Å². The van der Waals surface area contributed by atoms with E-state index in [1.165, 1.54) is 19.2 Å². The van der Waals surface area contributed by atoms with Crippen LogP contribution in [0.1, 0.15) is 21.5 Å². The molecule has 0 bridgehead atoms. The Hall–Kier alpha value is -3.16. The van der Waals surface area contributed by atoms with Gasteiger partial charge in [0.15, 0.2) is 0 Å². The predicted molar refractivity (Wildman–Crippen MR) is 79.4 cm³/mol. The Bertz CT molecular complexity index is 892. The largest absolute Gasteiger partial charge is 0.494 e. The van der Waals surface area contributed by atoms with Crippen molar-refractivity contribution in [1.29, 1.82) is 0 Å². The van der Waals surface area contributed by atoms with Gasteiger partial charge in [0, 0.05) is 13.3 Å². The lowest BCUT2D eigenvalue weighted by Crippen LogP contribution is -2.30. The Morgan fingerprint density at radius 3 is 2.68 bits per heavy atom. The minimum Gasteiger partial charge on any atom is -0.494 e. The van der Waals surface area contributed by atoms with Crippen LogP contribution < -0.4 is 11.2 Å². The number of H-pyrrole nitrogens is 1. The van der Waals surface area contributed by atoms with Gasteiger partial charge in [0.1, 0.15) is 5.56 Å². The van der Waals surface area contributed by atoms with E-state index in [2.05, 4.69) is 4.99 Å². The molecule has 0 saturated carbocycles. The van der Waals surface area contributed by atoms with Crippen molar-refractivity contribution in [3.8, 4) is 5.88 Å². The van der Waals surface area contributed by atoms with Crippen LogP contribution in [0, 0.1) is 6.92 Å². The molecule has 114 valence electrons. The van der Waals surface area contributed by atoms with Crippen LogP contribution in [0.5, 0.6) is 5.88 Å². The molecular weight excluding hydrogens is 290 g/mol. The van der Waals surface area contributed by atoms with Crippen molar-refractivity contribution in [3.63, 3.8) is 0 Å². The Kier molecular flexibility index (Phi) is 3.93. The summed E-state index contributed by atoms with van der Waals surface area (Å²) < 4.78 is 0.864. The Morgan fingerprint density at radius 2 is 2.05 bits per heavy atom. The summed E-state index contributed by atoms with van der Waals surface area (Å²) >= 11 is 0. The maximum absolute atomic E-state index is 11.7. The average molecular weight is 303 g/mol. The van der Waals surface area contributed by atoms with Crippen LogP contribution >= 0.6 is 0 Å². The third kappa shape index (κ3) is 2.80. The van der Waals surface area contributed by atoms with E-state index in [0.717, 1.165) is 10.8 Å². The monoisotopic (exact) mass is 303 g/mol. The quantitative estimate of drug-likeness (QED) is 0.713. The molecule has 22 heavy (non-hydrogen) atoms. The maximum Gasteiger partial charge on any atom is 0.335 e. The molecule has 0 fully saturated rings. The summed E-state index contributed by atoms with van der Waals surface area (Å²) in [6, 6.07) is 4.37. The van der Waals surface area contributed by atoms with Crippen molar-refractivity contribution in [3.05, 3.63) is 55.7 Å². The molecular formula is C14H13N3O5. The number of aryl methyl sites for hydroxylation is 1. The molecule has 8 heteroatoms. The van der Waals surface area contributed by atoms with Gasteiger partial charge in [-0.15, -0.1) is 0 Å². The molecule has 0 unspecified atom stereocenters. The van der Waals surface area contributed by atoms with Crippen LogP contribution in [0.25, 0.3) is 0 Å². The van der Waals surface area contributed by atoms with Gasteiger partial charge in [-0.05, 0) is 24.6 Å². The fourth-order valence-corrected chi connectivity index (χ4v) is 1.76. The molecule has 2 rings (SSSR count). The van der Waals surface area contributed by atoms with Crippen LogP contribution in [-0.2, 0) is 7.05 Å². The number of carbonyl (C=O) groups is 1. The summed E-state index contributed by atoms with van der Waals surface area (Å²) in [7, 11) is 1.29. The first-order chi connectivity index (χ1) is 10.3. The van der Waals surface area contributed by atoms with Gasteiger partial charge in [-0.3, -0.25) is 19.3 Å². The van der Waals surface area contributed by atoms with Crippen molar-refractivity contribution >= 4 is 17.9 Å². The van der Waals surface area contributed by atoms with Crippen molar-refractivity contribution in [2.24, 2.45) is 12.0 Å². The molecule has 1 heterocycles. The third-order valence-corrected chi connectivity index (χ3v) is 3.12. The van der Waals surface area contributed by atoms with Gasteiger partial charge in [-0.2, -0.15) is 0 Å². The smallest absolute Gasteiger partial charge is 0.335 e. The number of nitrogens with zero attached hydrogens (tertiary/aromatic N) is 2. The van der Waals surface area contributed by atoms with E-state index in [-0.39, 0.29) is 11.1 Å². The number of aromatic nitrogens is 2. The van der Waals surface area contributed by atoms with Crippen LogP contribution in [0.15, 0.2) is 32.8 Å². The highest BCUT2D eigenvalue weighted by Crippen LogP contribution is 2.20. The summed E-state index contributed by atoms with van der Waals surface area (Å²) in [6.07, 6.45) is 1.08. The molecule has 0 radical (unpaired) electrons. The first-order valence-electron chi connectivity index (χ1n) is 6.21. The average Bonchev–Trinajstić information content (AvgIpc) is 2.46. The molecule has 0 saturated heterocycles. The predicted octanol–water partition coefficient (Wildman–Crippen LogP) is 0.536. The minimum atomic E-state index is -1.10. The lowest BCUT2D eigenvalue weighted by Gasteiger charge is -2.04. The van der Waals surface area contributed by atoms with E-state index in [1.54, 1.807) is 13.0 Å². The second kappa shape index (κ2) is 5.68. The molecule has 2 aromatic rings. The van der Waals surface area contributed by atoms with Crippen LogP contribution in [-0.4, -0.2) is 31.9 Å². The molecule has 8 nitrogen and oxygen atoms in total. The highest BCUT2D eigenvalue weighted by Gasteiger charge is 2.10. The fourth-order valence-electron chi connectivity index (χ4n) is 1.76. The molecule has 0 amide bonds. The zero-order valence-electron chi connectivity index (χ0n) is 11.8. The van der Waals surface area contributed by atoms with Gasteiger partial charge < -0.3 is 10.2 Å². The van der Waals surface area contributed by atoms with E-state index < -0.39 is 23.1 Å². The Morgan fingerprint density at radius 1 is 1.36 bits per heavy atom. The number of rotatable bonds is 3. The number of hydrogen-bond acceptors (Lipinski definition) is 5. The summed E-state index contributed by atoms with van der Waals surface area (Å²) in [6.45, 7) is 1.73. The summed E-state index contributed by atoms with van der Waals surface area (Å²) in [5.41, 5.74) is -0.631. The van der Waals surface area contributed by atoms with Gasteiger partial charge in [0.25, 0.3) is 5.56 Å². The molecule has 3 N–H and O–H groups in total. The van der Waals surface area contributed by atoms with Crippen LogP contribution in [0.3, 0.4) is 0 Å². The van der Waals surface area contributed by atoms with Crippen LogP contribution in [0.2, 0.25) is 0 Å². The molecule has 1 aromatic heterocycles. The SMILES string of the molecule is Cc1ccc(C(=O)O)cc1N=Cc1c(O)n(C)c(=O)[nH]c1=O. The summed E-state index contributed by atoms with van der Waals surface area (Å²) in [4.78, 5) is 40.0. The Labute approximate surface area is 124 Å². The van der Waals surface area contributed by atoms with Gasteiger partial charge in [-0.1, -0.05) is 6.07 Å². The number of hydrogen-bond donors (Lipinski definition) is 3.